The normalized spacial score (nSPS) is 17.5. The lowest BCUT2D eigenvalue weighted by atomic mass is 9.90. The van der Waals surface area contributed by atoms with Crippen LogP contribution in [0.15, 0.2) is 27.8 Å². The number of carbonyl (C=O) groups excluding carboxylic acids is 2. The lowest BCUT2D eigenvalue weighted by Crippen LogP contribution is -2.54. The van der Waals surface area contributed by atoms with Gasteiger partial charge in [0.15, 0.2) is 10.8 Å². The lowest BCUT2D eigenvalue weighted by molar-refractivity contribution is -0.138. The van der Waals surface area contributed by atoms with Crippen molar-refractivity contribution in [2.24, 2.45) is 10.4 Å². The van der Waals surface area contributed by atoms with Crippen molar-refractivity contribution in [1.29, 1.82) is 0 Å². The molecule has 0 unspecified atom stereocenters. The minimum Gasteiger partial charge on any atom is -0.463 e. The van der Waals surface area contributed by atoms with E-state index in [1.54, 1.807) is 13.1 Å². The average molecular weight is 477 g/mol. The number of thiazole rings is 1. The summed E-state index contributed by atoms with van der Waals surface area (Å²) >= 11 is 1.50. The summed E-state index contributed by atoms with van der Waals surface area (Å²) in [4.78, 5) is 40.3. The summed E-state index contributed by atoms with van der Waals surface area (Å²) in [6, 6.07) is 0.0802. The molecule has 182 valence electrons. The quantitative estimate of drug-likeness (QED) is 0.580. The van der Waals surface area contributed by atoms with Gasteiger partial charge in [-0.25, -0.2) is 14.6 Å². The summed E-state index contributed by atoms with van der Waals surface area (Å²) in [5.41, 5.74) is 1.46. The second-order valence-electron chi connectivity index (χ2n) is 9.22. The van der Waals surface area contributed by atoms with Gasteiger partial charge in [-0.05, 0) is 18.8 Å². The van der Waals surface area contributed by atoms with Crippen molar-refractivity contribution in [1.82, 2.24) is 25.0 Å². The maximum atomic E-state index is 12.9. The van der Waals surface area contributed by atoms with Crippen LogP contribution in [0.25, 0.3) is 0 Å². The molecule has 9 nitrogen and oxygen atoms in total. The Labute approximate surface area is 200 Å². The Hall–Kier alpha value is -2.46. The van der Waals surface area contributed by atoms with E-state index in [2.05, 4.69) is 41.0 Å². The van der Waals surface area contributed by atoms with Gasteiger partial charge < -0.3 is 19.9 Å². The first kappa shape index (κ1) is 25.2. The summed E-state index contributed by atoms with van der Waals surface area (Å²) in [5, 5.41) is 6.02. The highest BCUT2D eigenvalue weighted by Crippen LogP contribution is 2.22. The number of esters is 1. The smallest absolute Gasteiger partial charge is 0.337 e. The van der Waals surface area contributed by atoms with Gasteiger partial charge in [-0.15, -0.1) is 11.3 Å². The first-order valence-electron chi connectivity index (χ1n) is 11.6. The zero-order chi connectivity index (χ0) is 24.0. The number of aromatic nitrogens is 1. The van der Waals surface area contributed by atoms with Crippen molar-refractivity contribution in [2.45, 2.75) is 34.1 Å². The van der Waals surface area contributed by atoms with Gasteiger partial charge in [-0.2, -0.15) is 0 Å². The van der Waals surface area contributed by atoms with E-state index in [0.717, 1.165) is 36.8 Å². The highest BCUT2D eigenvalue weighted by molar-refractivity contribution is 7.11. The molecule has 1 fully saturated rings. The number of aliphatic imine (C=N–C) groups is 1. The number of amidine groups is 1. The van der Waals surface area contributed by atoms with E-state index in [-0.39, 0.29) is 24.0 Å². The summed E-state index contributed by atoms with van der Waals surface area (Å²) < 4.78 is 5.25. The van der Waals surface area contributed by atoms with Crippen LogP contribution in [0, 0.1) is 5.41 Å². The number of carbonyl (C=O) groups is 2. The van der Waals surface area contributed by atoms with Crippen LogP contribution in [-0.4, -0.2) is 97.0 Å². The number of amides is 2. The predicted octanol–water partition coefficient (Wildman–Crippen LogP) is 2.42. The molecular weight excluding hydrogens is 440 g/mol. The molecular formula is C23H36N6O3S. The summed E-state index contributed by atoms with van der Waals surface area (Å²) in [6.07, 6.45) is 2.76. The van der Waals surface area contributed by atoms with Crippen LogP contribution in [0.5, 0.6) is 0 Å². The molecule has 0 aromatic carbocycles. The van der Waals surface area contributed by atoms with Crippen LogP contribution < -0.4 is 5.32 Å². The van der Waals surface area contributed by atoms with E-state index in [1.165, 1.54) is 11.3 Å². The number of piperazine rings is 1. The Kier molecular flexibility index (Phi) is 8.47. The minimum absolute atomic E-state index is 0.0802. The monoisotopic (exact) mass is 476 g/mol. The van der Waals surface area contributed by atoms with Crippen molar-refractivity contribution >= 4 is 29.2 Å². The van der Waals surface area contributed by atoms with Crippen LogP contribution in [0.3, 0.4) is 0 Å². The molecule has 1 aromatic rings. The molecule has 2 amide bonds. The third-order valence-corrected chi connectivity index (χ3v) is 6.94. The molecule has 1 N–H and O–H groups in total. The third kappa shape index (κ3) is 6.54. The third-order valence-electron chi connectivity index (χ3n) is 6.16. The molecule has 0 radical (unpaired) electrons. The summed E-state index contributed by atoms with van der Waals surface area (Å²) in [6.45, 7) is 13.0. The van der Waals surface area contributed by atoms with Gasteiger partial charge in [0, 0.05) is 63.6 Å². The molecule has 33 heavy (non-hydrogen) atoms. The van der Waals surface area contributed by atoms with E-state index in [9.17, 15) is 9.59 Å². The zero-order valence-corrected chi connectivity index (χ0v) is 21.2. The van der Waals surface area contributed by atoms with E-state index < -0.39 is 0 Å². The first-order chi connectivity index (χ1) is 15.7. The number of nitrogens with one attached hydrogen (secondary N) is 1. The van der Waals surface area contributed by atoms with E-state index >= 15 is 0 Å². The first-order valence-corrected chi connectivity index (χ1v) is 12.4. The molecule has 0 aliphatic carbocycles. The molecule has 0 saturated carbocycles. The van der Waals surface area contributed by atoms with Gasteiger partial charge >= 0.3 is 12.0 Å². The SMILES string of the molecule is CCOC(=O)C1=C(CN2CCN(C(=O)N(C)CC(C)(C)CC)CC2)NC(c2nccs2)=NC1. The van der Waals surface area contributed by atoms with Gasteiger partial charge in [0.25, 0.3) is 0 Å². The van der Waals surface area contributed by atoms with Gasteiger partial charge in [0.05, 0.1) is 18.7 Å². The number of hydrogen-bond donors (Lipinski definition) is 1. The highest BCUT2D eigenvalue weighted by atomic mass is 32.1. The number of ether oxygens (including phenoxy) is 1. The van der Waals surface area contributed by atoms with E-state index in [4.69, 9.17) is 4.74 Å². The molecule has 2 aliphatic heterocycles. The Morgan fingerprint density at radius 1 is 1.24 bits per heavy atom. The highest BCUT2D eigenvalue weighted by Gasteiger charge is 2.29. The molecule has 10 heteroatoms. The predicted molar refractivity (Wildman–Crippen MR) is 130 cm³/mol. The van der Waals surface area contributed by atoms with Gasteiger partial charge in [-0.1, -0.05) is 20.8 Å². The van der Waals surface area contributed by atoms with Crippen LogP contribution in [0.1, 0.15) is 39.1 Å². The van der Waals surface area contributed by atoms with Crippen LogP contribution in [0.2, 0.25) is 0 Å². The second-order valence-corrected chi connectivity index (χ2v) is 10.1. The Bertz CT molecular complexity index is 888. The Morgan fingerprint density at radius 2 is 1.97 bits per heavy atom. The number of urea groups is 1. The molecule has 0 atom stereocenters. The topological polar surface area (TPSA) is 90.4 Å². The largest absolute Gasteiger partial charge is 0.463 e. The average Bonchev–Trinajstić information content (AvgIpc) is 3.34. The van der Waals surface area contributed by atoms with Crippen molar-refractivity contribution in [2.75, 3.05) is 59.5 Å². The summed E-state index contributed by atoms with van der Waals surface area (Å²) in [7, 11) is 1.88. The van der Waals surface area contributed by atoms with Crippen LogP contribution in [0.4, 0.5) is 4.79 Å². The molecule has 2 aliphatic rings. The fourth-order valence-electron chi connectivity index (χ4n) is 3.90. The molecule has 3 rings (SSSR count). The number of rotatable bonds is 8. The minimum atomic E-state index is -0.337. The fraction of sp³-hybridized carbons (Fsp3) is 0.652. The number of hydrogen-bond acceptors (Lipinski definition) is 8. The Balaban J connectivity index is 1.61. The Morgan fingerprint density at radius 3 is 2.58 bits per heavy atom. The fourth-order valence-corrected chi connectivity index (χ4v) is 4.50. The number of nitrogens with zero attached hydrogens (tertiary/aromatic N) is 5. The van der Waals surface area contributed by atoms with Gasteiger partial charge in [0.2, 0.25) is 0 Å². The van der Waals surface area contributed by atoms with E-state index in [0.29, 0.717) is 37.6 Å². The van der Waals surface area contributed by atoms with E-state index in [1.807, 2.05) is 22.2 Å². The van der Waals surface area contributed by atoms with Crippen LogP contribution >= 0.6 is 11.3 Å². The second kappa shape index (κ2) is 11.1. The van der Waals surface area contributed by atoms with Crippen molar-refractivity contribution in [3.63, 3.8) is 0 Å². The van der Waals surface area contributed by atoms with Gasteiger partial charge in [-0.3, -0.25) is 9.89 Å². The summed E-state index contributed by atoms with van der Waals surface area (Å²) in [5.74, 6) is 0.345. The molecule has 0 bridgehead atoms. The maximum Gasteiger partial charge on any atom is 0.337 e. The maximum absolute atomic E-state index is 12.9. The van der Waals surface area contributed by atoms with Crippen molar-refractivity contribution < 1.29 is 14.3 Å². The molecule has 1 aromatic heterocycles. The zero-order valence-electron chi connectivity index (χ0n) is 20.4. The van der Waals surface area contributed by atoms with Crippen LogP contribution in [-0.2, 0) is 9.53 Å². The standard InChI is InChI=1S/C23H36N6O3S/c1-6-23(3,4)16-27(5)22(31)29-11-9-28(10-12-29)15-18-17(21(30)32-7-2)14-25-19(26-18)20-24-8-13-33-20/h8,13H,6-7,9-12,14-16H2,1-5H3,(H,25,26). The molecule has 1 saturated heterocycles. The lowest BCUT2D eigenvalue weighted by Gasteiger charge is -2.39. The van der Waals surface area contributed by atoms with Crippen molar-refractivity contribution in [3.8, 4) is 0 Å². The van der Waals surface area contributed by atoms with Gasteiger partial charge in [0.1, 0.15) is 0 Å². The molecule has 3 heterocycles. The van der Waals surface area contributed by atoms with Crippen molar-refractivity contribution in [3.05, 3.63) is 27.9 Å². The molecule has 0 spiro atoms.